The van der Waals surface area contributed by atoms with Gasteiger partial charge in [-0.2, -0.15) is 4.31 Å². The topological polar surface area (TPSA) is 92.5 Å². The lowest BCUT2D eigenvalue weighted by Crippen LogP contribution is -2.37. The highest BCUT2D eigenvalue weighted by atomic mass is 79.9. The maximum atomic E-state index is 12.3. The molecule has 0 fully saturated rings. The van der Waals surface area contributed by atoms with Gasteiger partial charge in [0.1, 0.15) is 0 Å². The standard InChI is InChI=1S/C10H13BrClN3O3S/c1-14-9(16)5-15(2)19(17,18)8-4-6(12)3-7(13)10(8)11/h3-4H,5,13H2,1-2H3,(H,14,16). The number of nitrogens with zero attached hydrogens (tertiary/aromatic N) is 1. The number of carbonyl (C=O) groups excluding carboxylic acids is 1. The van der Waals surface area contributed by atoms with Crippen molar-refractivity contribution in [2.45, 2.75) is 4.90 Å². The Labute approximate surface area is 125 Å². The van der Waals surface area contributed by atoms with Crippen LogP contribution in [0.3, 0.4) is 0 Å². The third-order valence-electron chi connectivity index (χ3n) is 2.37. The summed E-state index contributed by atoms with van der Waals surface area (Å²) in [5.74, 6) is -0.419. The molecule has 0 aliphatic rings. The maximum Gasteiger partial charge on any atom is 0.244 e. The van der Waals surface area contributed by atoms with Gasteiger partial charge in [-0.15, -0.1) is 0 Å². The Balaban J connectivity index is 3.24. The van der Waals surface area contributed by atoms with E-state index in [0.29, 0.717) is 0 Å². The Morgan fingerprint density at radius 3 is 2.63 bits per heavy atom. The second-order valence-electron chi connectivity index (χ2n) is 3.74. The van der Waals surface area contributed by atoms with Gasteiger partial charge in [-0.05, 0) is 28.1 Å². The average molecular weight is 371 g/mol. The molecule has 106 valence electrons. The number of nitrogens with one attached hydrogen (secondary N) is 1. The van der Waals surface area contributed by atoms with E-state index in [1.54, 1.807) is 0 Å². The van der Waals surface area contributed by atoms with Crippen LogP contribution in [0.2, 0.25) is 5.02 Å². The average Bonchev–Trinajstić information content (AvgIpc) is 2.33. The Morgan fingerprint density at radius 1 is 1.53 bits per heavy atom. The van der Waals surface area contributed by atoms with Crippen LogP contribution in [0.1, 0.15) is 0 Å². The fraction of sp³-hybridized carbons (Fsp3) is 0.300. The van der Waals surface area contributed by atoms with Gasteiger partial charge in [-0.1, -0.05) is 11.6 Å². The molecule has 0 aromatic heterocycles. The van der Waals surface area contributed by atoms with E-state index in [2.05, 4.69) is 21.2 Å². The molecule has 9 heteroatoms. The van der Waals surface area contributed by atoms with Crippen molar-refractivity contribution in [1.82, 2.24) is 9.62 Å². The van der Waals surface area contributed by atoms with Crippen molar-refractivity contribution in [3.05, 3.63) is 21.6 Å². The minimum Gasteiger partial charge on any atom is -0.398 e. The molecule has 0 atom stereocenters. The van der Waals surface area contributed by atoms with Crippen LogP contribution in [0, 0.1) is 0 Å². The van der Waals surface area contributed by atoms with Crippen LogP contribution in [0.25, 0.3) is 0 Å². The van der Waals surface area contributed by atoms with Gasteiger partial charge in [0, 0.05) is 24.8 Å². The molecule has 1 rings (SSSR count). The van der Waals surface area contributed by atoms with E-state index < -0.39 is 15.9 Å². The SMILES string of the molecule is CNC(=O)CN(C)S(=O)(=O)c1cc(Cl)cc(N)c1Br. The first-order valence-corrected chi connectivity index (χ1v) is 7.72. The van der Waals surface area contributed by atoms with Crippen LogP contribution in [-0.2, 0) is 14.8 Å². The number of hydrogen-bond acceptors (Lipinski definition) is 4. The predicted octanol–water partition coefficient (Wildman–Crippen LogP) is 1.05. The van der Waals surface area contributed by atoms with Gasteiger partial charge in [0.25, 0.3) is 0 Å². The number of hydrogen-bond donors (Lipinski definition) is 2. The summed E-state index contributed by atoms with van der Waals surface area (Å²) >= 11 is 8.91. The van der Waals surface area contributed by atoms with E-state index in [0.717, 1.165) is 4.31 Å². The van der Waals surface area contributed by atoms with Crippen molar-refractivity contribution in [2.24, 2.45) is 0 Å². The van der Waals surface area contributed by atoms with Crippen LogP contribution >= 0.6 is 27.5 Å². The van der Waals surface area contributed by atoms with Crippen LogP contribution in [-0.4, -0.2) is 39.3 Å². The molecule has 0 heterocycles. The molecule has 19 heavy (non-hydrogen) atoms. The van der Waals surface area contributed by atoms with E-state index in [1.165, 1.54) is 26.2 Å². The fourth-order valence-corrected chi connectivity index (χ4v) is 3.68. The first-order valence-electron chi connectivity index (χ1n) is 5.11. The normalized spacial score (nSPS) is 11.6. The monoisotopic (exact) mass is 369 g/mol. The third kappa shape index (κ3) is 3.59. The largest absolute Gasteiger partial charge is 0.398 e. The second-order valence-corrected chi connectivity index (χ2v) is 6.98. The minimum atomic E-state index is -3.86. The fourth-order valence-electron chi connectivity index (χ4n) is 1.31. The van der Waals surface area contributed by atoms with Crippen molar-refractivity contribution in [2.75, 3.05) is 26.4 Å². The summed E-state index contributed by atoms with van der Waals surface area (Å²) in [6, 6.07) is 2.71. The molecule has 0 spiro atoms. The van der Waals surface area contributed by atoms with Crippen molar-refractivity contribution in [3.8, 4) is 0 Å². The number of benzene rings is 1. The van der Waals surface area contributed by atoms with Gasteiger partial charge in [0.05, 0.1) is 15.9 Å². The lowest BCUT2D eigenvalue weighted by molar-refractivity contribution is -0.120. The molecule has 0 saturated heterocycles. The summed E-state index contributed by atoms with van der Waals surface area (Å²) in [5.41, 5.74) is 5.86. The Morgan fingerprint density at radius 2 is 2.11 bits per heavy atom. The first kappa shape index (κ1) is 16.2. The van der Waals surface area contributed by atoms with Crippen molar-refractivity contribution >= 4 is 49.1 Å². The molecule has 0 saturated carbocycles. The molecule has 0 unspecified atom stereocenters. The van der Waals surface area contributed by atoms with Crippen molar-refractivity contribution < 1.29 is 13.2 Å². The van der Waals surface area contributed by atoms with Gasteiger partial charge >= 0.3 is 0 Å². The number of anilines is 1. The number of nitrogens with two attached hydrogens (primary N) is 1. The summed E-state index contributed by atoms with van der Waals surface area (Å²) < 4.78 is 25.8. The van der Waals surface area contributed by atoms with Gasteiger partial charge in [-0.25, -0.2) is 8.42 Å². The predicted molar refractivity (Wildman–Crippen MR) is 77.4 cm³/mol. The van der Waals surface area contributed by atoms with Gasteiger partial charge in [0.15, 0.2) is 0 Å². The van der Waals surface area contributed by atoms with E-state index in [-0.39, 0.29) is 26.6 Å². The van der Waals surface area contributed by atoms with Crippen molar-refractivity contribution in [3.63, 3.8) is 0 Å². The van der Waals surface area contributed by atoms with E-state index in [1.807, 2.05) is 0 Å². The zero-order valence-corrected chi connectivity index (χ0v) is 13.4. The Kier molecular flexibility index (Phi) is 5.19. The van der Waals surface area contributed by atoms with Crippen LogP contribution in [0.5, 0.6) is 0 Å². The van der Waals surface area contributed by atoms with Crippen LogP contribution in [0.4, 0.5) is 5.69 Å². The molecule has 1 amide bonds. The molecule has 0 bridgehead atoms. The summed E-state index contributed by atoms with van der Waals surface area (Å²) in [6.45, 7) is -0.294. The molecule has 1 aromatic carbocycles. The maximum absolute atomic E-state index is 12.3. The molecule has 1 aromatic rings. The zero-order chi connectivity index (χ0) is 14.8. The molecular formula is C10H13BrClN3O3S. The lowest BCUT2D eigenvalue weighted by Gasteiger charge is -2.18. The smallest absolute Gasteiger partial charge is 0.244 e. The lowest BCUT2D eigenvalue weighted by atomic mass is 10.3. The van der Waals surface area contributed by atoms with Gasteiger partial charge < -0.3 is 11.1 Å². The van der Waals surface area contributed by atoms with Crippen molar-refractivity contribution in [1.29, 1.82) is 0 Å². The Bertz CT molecular complexity index is 606. The molecule has 0 aliphatic carbocycles. The number of likely N-dealkylation sites (N-methyl/N-ethyl adjacent to an activating group) is 2. The third-order valence-corrected chi connectivity index (χ3v) is 5.56. The zero-order valence-electron chi connectivity index (χ0n) is 10.3. The van der Waals surface area contributed by atoms with Crippen LogP contribution in [0.15, 0.2) is 21.5 Å². The highest BCUT2D eigenvalue weighted by Gasteiger charge is 2.26. The second kappa shape index (κ2) is 6.08. The molecule has 0 aliphatic heterocycles. The highest BCUT2D eigenvalue weighted by molar-refractivity contribution is 9.10. The minimum absolute atomic E-state index is 0.0797. The Hall–Kier alpha value is -0.830. The number of rotatable bonds is 4. The van der Waals surface area contributed by atoms with Crippen LogP contribution < -0.4 is 11.1 Å². The summed E-state index contributed by atoms with van der Waals surface area (Å²) in [7, 11) is -1.13. The first-order chi connectivity index (χ1) is 8.70. The molecule has 3 N–H and O–H groups in total. The summed E-state index contributed by atoms with van der Waals surface area (Å²) in [4.78, 5) is 11.2. The van der Waals surface area contributed by atoms with E-state index in [4.69, 9.17) is 17.3 Å². The molecule has 6 nitrogen and oxygen atoms in total. The van der Waals surface area contributed by atoms with Gasteiger partial charge in [0.2, 0.25) is 15.9 Å². The highest BCUT2D eigenvalue weighted by Crippen LogP contribution is 2.32. The van der Waals surface area contributed by atoms with Gasteiger partial charge in [-0.3, -0.25) is 4.79 Å². The number of amides is 1. The summed E-state index contributed by atoms with van der Waals surface area (Å²) in [5, 5.41) is 2.55. The number of nitrogen functional groups attached to an aromatic ring is 1. The molecular weight excluding hydrogens is 358 g/mol. The number of sulfonamides is 1. The summed E-state index contributed by atoms with van der Waals surface area (Å²) in [6.07, 6.45) is 0. The number of carbonyl (C=O) groups is 1. The van der Waals surface area contributed by atoms with E-state index >= 15 is 0 Å². The number of halogens is 2. The molecule has 0 radical (unpaired) electrons. The quantitative estimate of drug-likeness (QED) is 0.775. The van der Waals surface area contributed by atoms with E-state index in [9.17, 15) is 13.2 Å².